The van der Waals surface area contributed by atoms with Crippen LogP contribution < -0.4 is 16.3 Å². The first-order valence-electron chi connectivity index (χ1n) is 9.52. The first kappa shape index (κ1) is 20.1. The van der Waals surface area contributed by atoms with Crippen LogP contribution in [-0.4, -0.2) is 54.6 Å². The monoisotopic (exact) mass is 382 g/mol. The molecule has 0 bridgehead atoms. The van der Waals surface area contributed by atoms with E-state index in [-0.39, 0.29) is 17.4 Å². The maximum Gasteiger partial charge on any atom is 0.323 e. The molecule has 2 heterocycles. The quantitative estimate of drug-likeness (QED) is 0.591. The molecule has 0 amide bonds. The van der Waals surface area contributed by atoms with Crippen molar-refractivity contribution < 1.29 is 0 Å². The lowest BCUT2D eigenvalue weighted by molar-refractivity contribution is 0.223. The summed E-state index contributed by atoms with van der Waals surface area (Å²) in [6, 6.07) is 8.00. The van der Waals surface area contributed by atoms with Crippen molar-refractivity contribution in [2.75, 3.05) is 27.2 Å². The Morgan fingerprint density at radius 3 is 2.61 bits per heavy atom. The van der Waals surface area contributed by atoms with Gasteiger partial charge in [0.2, 0.25) is 0 Å². The van der Waals surface area contributed by atoms with Crippen LogP contribution in [0.5, 0.6) is 0 Å². The Balaban J connectivity index is 1.78. The van der Waals surface area contributed by atoms with Gasteiger partial charge in [0.15, 0.2) is 6.29 Å². The van der Waals surface area contributed by atoms with Crippen molar-refractivity contribution in [3.8, 4) is 11.3 Å². The third-order valence-corrected chi connectivity index (χ3v) is 4.70. The van der Waals surface area contributed by atoms with Gasteiger partial charge in [0.1, 0.15) is 0 Å². The summed E-state index contributed by atoms with van der Waals surface area (Å²) in [5, 5.41) is 6.85. The molecule has 2 aromatic rings. The second-order valence-corrected chi connectivity index (χ2v) is 8.35. The average Bonchev–Trinajstić information content (AvgIpc) is 3.01. The number of aliphatic imine (C=N–C) groups is 1. The Labute approximate surface area is 166 Å². The van der Waals surface area contributed by atoms with Crippen molar-refractivity contribution in [2.24, 2.45) is 10.4 Å². The molecule has 1 aliphatic rings. The first-order valence-corrected chi connectivity index (χ1v) is 9.52. The minimum absolute atomic E-state index is 0.108. The zero-order valence-electron chi connectivity index (χ0n) is 17.3. The van der Waals surface area contributed by atoms with E-state index in [4.69, 9.17) is 0 Å². The summed E-state index contributed by atoms with van der Waals surface area (Å²) in [5.41, 5.74) is 4.33. The van der Waals surface area contributed by atoms with Gasteiger partial charge in [0, 0.05) is 24.9 Å². The van der Waals surface area contributed by atoms with Gasteiger partial charge in [-0.05, 0) is 38.1 Å². The molecule has 1 atom stereocenters. The second-order valence-electron chi connectivity index (χ2n) is 8.35. The molecule has 3 rings (SSSR count). The predicted octanol–water partition coefficient (Wildman–Crippen LogP) is 2.15. The molecule has 150 valence electrons. The molecule has 0 saturated heterocycles. The molecule has 0 fully saturated rings. The summed E-state index contributed by atoms with van der Waals surface area (Å²) in [6.45, 7) is 8.27. The number of H-pyrrole nitrogens is 2. The summed E-state index contributed by atoms with van der Waals surface area (Å²) in [4.78, 5) is 24.6. The number of hydrogen-bond acceptors (Lipinski definition) is 5. The zero-order chi connectivity index (χ0) is 20.3. The van der Waals surface area contributed by atoms with Crippen LogP contribution in [0.2, 0.25) is 0 Å². The molecular weight excluding hydrogens is 352 g/mol. The average molecular weight is 383 g/mol. The summed E-state index contributed by atoms with van der Waals surface area (Å²) >= 11 is 0. The summed E-state index contributed by atoms with van der Waals surface area (Å²) in [5.74, 6) is 0. The van der Waals surface area contributed by atoms with Gasteiger partial charge in [-0.15, -0.1) is 0 Å². The molecule has 1 aromatic carbocycles. The van der Waals surface area contributed by atoms with Crippen LogP contribution in [0.1, 0.15) is 25.1 Å². The highest BCUT2D eigenvalue weighted by atomic mass is 16.1. The van der Waals surface area contributed by atoms with E-state index in [1.165, 1.54) is 0 Å². The first-order chi connectivity index (χ1) is 13.2. The summed E-state index contributed by atoms with van der Waals surface area (Å²) in [6.07, 6.45) is 3.41. The fraction of sp³-hybridized carbons (Fsp3) is 0.429. The Hall–Kier alpha value is -2.64. The predicted molar refractivity (Wildman–Crippen MR) is 115 cm³/mol. The molecule has 7 nitrogen and oxygen atoms in total. The molecule has 0 spiro atoms. The van der Waals surface area contributed by atoms with E-state index >= 15 is 0 Å². The SMILES string of the molecule is Cc1ccccc1-c1[nH]c(=O)[nH]c1C1=CC=NC(NCC(C)(C)CN(C)C)N1. The molecule has 7 heteroatoms. The van der Waals surface area contributed by atoms with Crippen molar-refractivity contribution in [2.45, 2.75) is 27.1 Å². The fourth-order valence-corrected chi connectivity index (χ4v) is 3.62. The highest BCUT2D eigenvalue weighted by Gasteiger charge is 2.23. The lowest BCUT2D eigenvalue weighted by atomic mass is 9.93. The Bertz CT molecular complexity index is 934. The second kappa shape index (κ2) is 8.16. The fourth-order valence-electron chi connectivity index (χ4n) is 3.62. The van der Waals surface area contributed by atoms with Gasteiger partial charge >= 0.3 is 5.69 Å². The number of imidazole rings is 1. The third-order valence-electron chi connectivity index (χ3n) is 4.70. The molecule has 1 unspecified atom stereocenters. The van der Waals surface area contributed by atoms with Crippen molar-refractivity contribution in [3.05, 3.63) is 52.1 Å². The van der Waals surface area contributed by atoms with Crippen molar-refractivity contribution in [1.29, 1.82) is 0 Å². The Morgan fingerprint density at radius 2 is 1.89 bits per heavy atom. The van der Waals surface area contributed by atoms with Gasteiger partial charge in [0.25, 0.3) is 0 Å². The molecule has 0 saturated carbocycles. The molecule has 1 aliphatic heterocycles. The van der Waals surface area contributed by atoms with Gasteiger partial charge in [-0.1, -0.05) is 38.1 Å². The number of allylic oxidation sites excluding steroid dienone is 1. The van der Waals surface area contributed by atoms with Crippen LogP contribution in [0.15, 0.2) is 40.1 Å². The maximum atomic E-state index is 12.1. The number of rotatable bonds is 7. The van der Waals surface area contributed by atoms with Gasteiger partial charge in [-0.3, -0.25) is 10.3 Å². The van der Waals surface area contributed by atoms with Crippen molar-refractivity contribution in [1.82, 2.24) is 25.5 Å². The Morgan fingerprint density at radius 1 is 1.18 bits per heavy atom. The van der Waals surface area contributed by atoms with E-state index in [2.05, 4.69) is 58.4 Å². The smallest absolute Gasteiger partial charge is 0.323 e. The lowest BCUT2D eigenvalue weighted by Gasteiger charge is -2.31. The summed E-state index contributed by atoms with van der Waals surface area (Å²) < 4.78 is 0. The van der Waals surface area contributed by atoms with Crippen molar-refractivity contribution in [3.63, 3.8) is 0 Å². The topological polar surface area (TPSA) is 88.3 Å². The number of benzene rings is 1. The van der Waals surface area contributed by atoms with E-state index in [0.29, 0.717) is 0 Å². The number of aryl methyl sites for hydroxylation is 1. The molecule has 4 N–H and O–H groups in total. The molecule has 0 aliphatic carbocycles. The third kappa shape index (κ3) is 4.79. The standard InChI is InChI=1S/C21H30N6O/c1-14-8-6-7-9-15(14)17-18(26-20(28)25-17)16-10-11-22-19(24-16)23-12-21(2,3)13-27(4)5/h6-11,19,23-24H,12-13H2,1-5H3,(H2,25,26,28). The Kier molecular flexibility index (Phi) is 5.86. The van der Waals surface area contributed by atoms with E-state index in [9.17, 15) is 4.79 Å². The van der Waals surface area contributed by atoms with Gasteiger partial charge < -0.3 is 20.2 Å². The highest BCUT2D eigenvalue weighted by Crippen LogP contribution is 2.27. The van der Waals surface area contributed by atoms with Crippen LogP contribution in [-0.2, 0) is 0 Å². The maximum absolute atomic E-state index is 12.1. The van der Waals surface area contributed by atoms with Gasteiger partial charge in [-0.2, -0.15) is 0 Å². The molecule has 1 aromatic heterocycles. The number of nitrogens with zero attached hydrogens (tertiary/aromatic N) is 2. The zero-order valence-corrected chi connectivity index (χ0v) is 17.3. The van der Waals surface area contributed by atoms with Gasteiger partial charge in [-0.25, -0.2) is 4.79 Å². The summed E-state index contributed by atoms with van der Waals surface area (Å²) in [7, 11) is 4.16. The van der Waals surface area contributed by atoms with Crippen LogP contribution in [0.3, 0.4) is 0 Å². The minimum atomic E-state index is -0.246. The van der Waals surface area contributed by atoms with E-state index in [1.54, 1.807) is 6.21 Å². The normalized spacial score (nSPS) is 16.9. The van der Waals surface area contributed by atoms with Crippen molar-refractivity contribution >= 4 is 11.9 Å². The van der Waals surface area contributed by atoms with Crippen LogP contribution in [0, 0.1) is 12.3 Å². The van der Waals surface area contributed by atoms with Gasteiger partial charge in [0.05, 0.1) is 17.1 Å². The highest BCUT2D eigenvalue weighted by molar-refractivity contribution is 5.88. The minimum Gasteiger partial charge on any atom is -0.350 e. The van der Waals surface area contributed by atoms with Crippen LogP contribution in [0.4, 0.5) is 0 Å². The number of hydrogen-bond donors (Lipinski definition) is 4. The largest absolute Gasteiger partial charge is 0.350 e. The van der Waals surface area contributed by atoms with Crippen LogP contribution >= 0.6 is 0 Å². The number of aromatic nitrogens is 2. The van der Waals surface area contributed by atoms with E-state index < -0.39 is 0 Å². The molecule has 0 radical (unpaired) electrons. The number of nitrogens with one attached hydrogen (secondary N) is 4. The molecular formula is C21H30N6O. The lowest BCUT2D eigenvalue weighted by Crippen LogP contribution is -2.47. The van der Waals surface area contributed by atoms with E-state index in [1.807, 2.05) is 37.3 Å². The molecule has 28 heavy (non-hydrogen) atoms. The van der Waals surface area contributed by atoms with Crippen LogP contribution in [0.25, 0.3) is 17.0 Å². The number of aromatic amines is 2. The van der Waals surface area contributed by atoms with E-state index in [0.717, 1.165) is 41.3 Å².